The number of hydrogen-bond donors (Lipinski definition) is 3. The van der Waals surface area contributed by atoms with Gasteiger partial charge in [0.15, 0.2) is 0 Å². The highest BCUT2D eigenvalue weighted by Gasteiger charge is 2.19. The number of aromatic nitrogens is 3. The van der Waals surface area contributed by atoms with E-state index in [0.29, 0.717) is 29.7 Å². The number of aliphatic hydroxyl groups excluding tert-OH is 1. The topological polar surface area (TPSA) is 102 Å². The second-order valence-electron chi connectivity index (χ2n) is 4.34. The Kier molecular flexibility index (Phi) is 3.96. The maximum Gasteiger partial charge on any atom is 0.332 e. The van der Waals surface area contributed by atoms with Crippen molar-refractivity contribution in [1.82, 2.24) is 9.97 Å². The van der Waals surface area contributed by atoms with E-state index in [4.69, 9.17) is 16.6 Å². The van der Waals surface area contributed by atoms with Crippen LogP contribution in [0.2, 0.25) is 0 Å². The summed E-state index contributed by atoms with van der Waals surface area (Å²) in [6.07, 6.45) is 2.35. The summed E-state index contributed by atoms with van der Waals surface area (Å²) >= 11 is 1.49. The second-order valence-corrected chi connectivity index (χ2v) is 5.45. The SMILES string of the molecule is Cc1ncc(C[n+]2c(N)sc(CCO)c2C)c(N)n1. The summed E-state index contributed by atoms with van der Waals surface area (Å²) in [5.74, 6) is 1.14. The molecule has 0 aromatic carbocycles. The number of hydrogen-bond acceptors (Lipinski definition) is 6. The molecule has 7 heteroatoms. The highest BCUT2D eigenvalue weighted by Crippen LogP contribution is 2.19. The normalized spacial score (nSPS) is 10.9. The summed E-state index contributed by atoms with van der Waals surface area (Å²) in [4.78, 5) is 9.39. The summed E-state index contributed by atoms with van der Waals surface area (Å²) in [5.41, 5.74) is 13.8. The fourth-order valence-electron chi connectivity index (χ4n) is 1.91. The van der Waals surface area contributed by atoms with E-state index in [1.165, 1.54) is 11.3 Å². The van der Waals surface area contributed by atoms with Gasteiger partial charge in [-0.15, -0.1) is 0 Å². The Labute approximate surface area is 115 Å². The number of nitrogens with two attached hydrogens (primary N) is 2. The van der Waals surface area contributed by atoms with Gasteiger partial charge in [0, 0.05) is 19.2 Å². The molecule has 0 fully saturated rings. The van der Waals surface area contributed by atoms with E-state index in [1.54, 1.807) is 13.1 Å². The van der Waals surface area contributed by atoms with Crippen LogP contribution in [0, 0.1) is 13.8 Å². The van der Waals surface area contributed by atoms with Gasteiger partial charge in [-0.3, -0.25) is 5.73 Å². The molecule has 0 aliphatic heterocycles. The molecular weight excluding hydrogens is 262 g/mol. The standard InChI is InChI=1S/C12H17N5OS/c1-7-10(3-4-18)19-12(14)17(7)6-9-5-15-8(2)16-11(9)13/h5,14,18H,3-4,6H2,1-2H3,(H2,13,15,16)/p+1. The van der Waals surface area contributed by atoms with Crippen LogP contribution < -0.4 is 16.0 Å². The molecule has 0 bridgehead atoms. The zero-order chi connectivity index (χ0) is 14.0. The Morgan fingerprint density at radius 2 is 2.11 bits per heavy atom. The minimum atomic E-state index is 0.122. The fourth-order valence-corrected chi connectivity index (χ4v) is 2.92. The van der Waals surface area contributed by atoms with Gasteiger partial charge in [0.2, 0.25) is 0 Å². The Bertz CT molecular complexity index is 596. The minimum Gasteiger partial charge on any atom is -0.396 e. The summed E-state index contributed by atoms with van der Waals surface area (Å²) in [5, 5.41) is 9.72. The number of nitrogen functional groups attached to an aromatic ring is 2. The third-order valence-electron chi connectivity index (χ3n) is 2.99. The Morgan fingerprint density at radius 1 is 1.37 bits per heavy atom. The molecular formula is C12H18N5OS+. The lowest BCUT2D eigenvalue weighted by atomic mass is 10.2. The molecule has 19 heavy (non-hydrogen) atoms. The average molecular weight is 280 g/mol. The Morgan fingerprint density at radius 3 is 2.74 bits per heavy atom. The van der Waals surface area contributed by atoms with E-state index in [2.05, 4.69) is 9.97 Å². The van der Waals surface area contributed by atoms with Crippen molar-refractivity contribution in [1.29, 1.82) is 0 Å². The molecule has 0 saturated heterocycles. The third-order valence-corrected chi connectivity index (χ3v) is 4.16. The average Bonchev–Trinajstić information content (AvgIpc) is 2.60. The van der Waals surface area contributed by atoms with Crippen LogP contribution in [0.5, 0.6) is 0 Å². The minimum absolute atomic E-state index is 0.122. The van der Waals surface area contributed by atoms with Gasteiger partial charge < -0.3 is 10.8 Å². The van der Waals surface area contributed by atoms with Crippen molar-refractivity contribution in [2.45, 2.75) is 26.8 Å². The quantitative estimate of drug-likeness (QED) is 0.694. The molecule has 0 radical (unpaired) electrons. The molecule has 2 aromatic heterocycles. The maximum atomic E-state index is 9.03. The van der Waals surface area contributed by atoms with Gasteiger partial charge in [-0.2, -0.15) is 0 Å². The third kappa shape index (κ3) is 2.82. The van der Waals surface area contributed by atoms with E-state index in [-0.39, 0.29) is 6.61 Å². The van der Waals surface area contributed by atoms with E-state index >= 15 is 0 Å². The molecule has 0 amide bonds. The molecule has 0 spiro atoms. The first-order valence-electron chi connectivity index (χ1n) is 5.99. The van der Waals surface area contributed by atoms with Crippen molar-refractivity contribution in [2.75, 3.05) is 18.1 Å². The van der Waals surface area contributed by atoms with Gasteiger partial charge in [0.1, 0.15) is 23.9 Å². The molecule has 5 N–H and O–H groups in total. The first kappa shape index (κ1) is 13.7. The van der Waals surface area contributed by atoms with Gasteiger partial charge in [-0.25, -0.2) is 14.5 Å². The monoisotopic (exact) mass is 280 g/mol. The summed E-state index contributed by atoms with van der Waals surface area (Å²) in [6.45, 7) is 4.46. The zero-order valence-electron chi connectivity index (χ0n) is 11.1. The number of rotatable bonds is 4. The number of aryl methyl sites for hydroxylation is 1. The highest BCUT2D eigenvalue weighted by atomic mass is 32.1. The fraction of sp³-hybridized carbons (Fsp3) is 0.417. The molecule has 0 aliphatic rings. The lowest BCUT2D eigenvalue weighted by molar-refractivity contribution is -0.676. The van der Waals surface area contributed by atoms with Gasteiger partial charge >= 0.3 is 5.13 Å². The second kappa shape index (κ2) is 5.50. The van der Waals surface area contributed by atoms with Crippen LogP contribution in [0.1, 0.15) is 22.0 Å². The van der Waals surface area contributed by atoms with Crippen molar-refractivity contribution in [3.8, 4) is 0 Å². The van der Waals surface area contributed by atoms with E-state index in [0.717, 1.165) is 16.1 Å². The summed E-state index contributed by atoms with van der Waals surface area (Å²) < 4.78 is 1.97. The van der Waals surface area contributed by atoms with Crippen LogP contribution in [-0.4, -0.2) is 21.7 Å². The van der Waals surface area contributed by atoms with Gasteiger partial charge in [0.25, 0.3) is 0 Å². The molecule has 0 atom stereocenters. The molecule has 6 nitrogen and oxygen atoms in total. The van der Waals surface area contributed by atoms with Gasteiger partial charge in [-0.1, -0.05) is 11.3 Å². The Balaban J connectivity index is 2.33. The molecule has 0 unspecified atom stereocenters. The van der Waals surface area contributed by atoms with Crippen LogP contribution in [0.15, 0.2) is 6.20 Å². The van der Waals surface area contributed by atoms with Crippen molar-refractivity contribution in [3.63, 3.8) is 0 Å². The predicted molar refractivity (Wildman–Crippen MR) is 74.7 cm³/mol. The number of nitrogens with zero attached hydrogens (tertiary/aromatic N) is 3. The van der Waals surface area contributed by atoms with Crippen molar-refractivity contribution in [3.05, 3.63) is 28.2 Å². The first-order chi connectivity index (χ1) is 9.02. The van der Waals surface area contributed by atoms with E-state index in [9.17, 15) is 0 Å². The van der Waals surface area contributed by atoms with Crippen molar-refractivity contribution in [2.24, 2.45) is 0 Å². The zero-order valence-corrected chi connectivity index (χ0v) is 11.9. The number of aliphatic hydroxyl groups is 1. The first-order valence-corrected chi connectivity index (χ1v) is 6.81. The van der Waals surface area contributed by atoms with Crippen LogP contribution in [-0.2, 0) is 13.0 Å². The molecule has 2 rings (SSSR count). The van der Waals surface area contributed by atoms with Crippen LogP contribution >= 0.6 is 11.3 Å². The predicted octanol–water partition coefficient (Wildman–Crippen LogP) is 0.190. The van der Waals surface area contributed by atoms with Crippen molar-refractivity contribution >= 4 is 22.3 Å². The smallest absolute Gasteiger partial charge is 0.332 e. The molecule has 2 aromatic rings. The maximum absolute atomic E-state index is 9.03. The highest BCUT2D eigenvalue weighted by molar-refractivity contribution is 7.15. The van der Waals surface area contributed by atoms with Gasteiger partial charge in [-0.05, 0) is 13.8 Å². The lowest BCUT2D eigenvalue weighted by Gasteiger charge is -2.05. The van der Waals surface area contributed by atoms with Crippen LogP contribution in [0.4, 0.5) is 10.9 Å². The number of anilines is 2. The largest absolute Gasteiger partial charge is 0.396 e. The molecule has 102 valence electrons. The summed E-state index contributed by atoms with van der Waals surface area (Å²) in [7, 11) is 0. The van der Waals surface area contributed by atoms with E-state index < -0.39 is 0 Å². The lowest BCUT2D eigenvalue weighted by Crippen LogP contribution is -2.38. The molecule has 2 heterocycles. The number of thiazole rings is 1. The summed E-state index contributed by atoms with van der Waals surface area (Å²) in [6, 6.07) is 0. The van der Waals surface area contributed by atoms with Crippen LogP contribution in [0.25, 0.3) is 0 Å². The Hall–Kier alpha value is -1.73. The van der Waals surface area contributed by atoms with Gasteiger partial charge in [0.05, 0.1) is 10.4 Å². The molecule has 0 aliphatic carbocycles. The van der Waals surface area contributed by atoms with Crippen LogP contribution in [0.3, 0.4) is 0 Å². The van der Waals surface area contributed by atoms with E-state index in [1.807, 2.05) is 11.5 Å². The van der Waals surface area contributed by atoms with Crippen molar-refractivity contribution < 1.29 is 9.67 Å². The molecule has 0 saturated carbocycles.